The molecule has 2 atom stereocenters. The summed E-state index contributed by atoms with van der Waals surface area (Å²) >= 11 is 0. The van der Waals surface area contributed by atoms with E-state index in [1.165, 1.54) is 12.8 Å². The third-order valence-corrected chi connectivity index (χ3v) is 3.69. The zero-order chi connectivity index (χ0) is 12.7. The van der Waals surface area contributed by atoms with Gasteiger partial charge in [-0.25, -0.2) is 0 Å². The monoisotopic (exact) mass is 278 g/mol. The second-order valence-corrected chi connectivity index (χ2v) is 5.10. The average molecular weight is 279 g/mol. The maximum absolute atomic E-state index is 12.0. The second kappa shape index (κ2) is 9.59. The van der Waals surface area contributed by atoms with Gasteiger partial charge in [-0.2, -0.15) is 0 Å². The Morgan fingerprint density at radius 2 is 2.28 bits per heavy atom. The molecule has 4 nitrogen and oxygen atoms in total. The van der Waals surface area contributed by atoms with E-state index in [0.29, 0.717) is 31.4 Å². The number of nitrogens with zero attached hydrogens (tertiary/aromatic N) is 1. The number of piperidine rings is 1. The van der Waals surface area contributed by atoms with E-state index < -0.39 is 0 Å². The largest absolute Gasteiger partial charge is 0.383 e. The molecular weight excluding hydrogens is 252 g/mol. The minimum atomic E-state index is 0. The van der Waals surface area contributed by atoms with E-state index >= 15 is 0 Å². The van der Waals surface area contributed by atoms with Crippen LogP contribution >= 0.6 is 12.4 Å². The molecule has 0 radical (unpaired) electrons. The van der Waals surface area contributed by atoms with Crippen LogP contribution in [0.4, 0.5) is 0 Å². The van der Waals surface area contributed by atoms with Crippen LogP contribution in [0.3, 0.4) is 0 Å². The highest BCUT2D eigenvalue weighted by Gasteiger charge is 2.23. The third-order valence-electron chi connectivity index (χ3n) is 3.69. The molecule has 2 unspecified atom stereocenters. The van der Waals surface area contributed by atoms with Crippen molar-refractivity contribution in [1.82, 2.24) is 10.2 Å². The van der Waals surface area contributed by atoms with E-state index in [0.717, 1.165) is 13.1 Å². The van der Waals surface area contributed by atoms with Crippen molar-refractivity contribution in [2.24, 2.45) is 11.8 Å². The van der Waals surface area contributed by atoms with E-state index in [1.807, 2.05) is 7.05 Å². The van der Waals surface area contributed by atoms with Crippen molar-refractivity contribution >= 4 is 18.3 Å². The van der Waals surface area contributed by atoms with E-state index in [1.54, 1.807) is 12.0 Å². The van der Waals surface area contributed by atoms with Crippen LogP contribution in [0.25, 0.3) is 0 Å². The molecule has 1 fully saturated rings. The molecule has 18 heavy (non-hydrogen) atoms. The molecule has 108 valence electrons. The molecule has 0 spiro atoms. The first-order chi connectivity index (χ1) is 8.15. The average Bonchev–Trinajstić information content (AvgIpc) is 2.36. The van der Waals surface area contributed by atoms with Gasteiger partial charge in [0.1, 0.15) is 0 Å². The number of amides is 1. The molecule has 0 saturated carbocycles. The molecule has 1 saturated heterocycles. The summed E-state index contributed by atoms with van der Waals surface area (Å²) in [5.74, 6) is 1.36. The van der Waals surface area contributed by atoms with Crippen molar-refractivity contribution < 1.29 is 9.53 Å². The zero-order valence-electron chi connectivity index (χ0n) is 11.8. The van der Waals surface area contributed by atoms with Crippen molar-refractivity contribution in [2.45, 2.75) is 26.2 Å². The van der Waals surface area contributed by atoms with E-state index in [4.69, 9.17) is 4.74 Å². The highest BCUT2D eigenvalue weighted by molar-refractivity contribution is 5.85. The number of ether oxygens (including phenoxy) is 1. The maximum atomic E-state index is 12.0. The van der Waals surface area contributed by atoms with Gasteiger partial charge in [-0.05, 0) is 37.8 Å². The van der Waals surface area contributed by atoms with Gasteiger partial charge in [-0.1, -0.05) is 6.92 Å². The number of hydrogen-bond acceptors (Lipinski definition) is 3. The number of carbonyl (C=O) groups is 1. The first-order valence-electron chi connectivity index (χ1n) is 6.58. The fraction of sp³-hybridized carbons (Fsp3) is 0.923. The smallest absolute Gasteiger partial charge is 0.222 e. The van der Waals surface area contributed by atoms with Crippen LogP contribution in [0.15, 0.2) is 0 Å². The summed E-state index contributed by atoms with van der Waals surface area (Å²) in [6.45, 7) is 5.69. The molecule has 1 N–H and O–H groups in total. The molecule has 1 heterocycles. The summed E-state index contributed by atoms with van der Waals surface area (Å²) < 4.78 is 4.98. The van der Waals surface area contributed by atoms with Crippen LogP contribution in [-0.2, 0) is 9.53 Å². The number of methoxy groups -OCH3 is 1. The van der Waals surface area contributed by atoms with Crippen molar-refractivity contribution in [1.29, 1.82) is 0 Å². The molecule has 5 heteroatoms. The molecule has 0 aromatic carbocycles. The van der Waals surface area contributed by atoms with E-state index in [2.05, 4.69) is 12.2 Å². The summed E-state index contributed by atoms with van der Waals surface area (Å²) in [5, 5.41) is 3.41. The van der Waals surface area contributed by atoms with Crippen LogP contribution in [0, 0.1) is 11.8 Å². The fourth-order valence-corrected chi connectivity index (χ4v) is 2.32. The predicted octanol–water partition coefficient (Wildman–Crippen LogP) is 1.54. The lowest BCUT2D eigenvalue weighted by Gasteiger charge is -2.29. The number of halogens is 1. The molecule has 1 aliphatic rings. The molecule has 0 bridgehead atoms. The number of hydrogen-bond donors (Lipinski definition) is 1. The Labute approximate surface area is 117 Å². The lowest BCUT2D eigenvalue weighted by molar-refractivity contribution is -0.131. The van der Waals surface area contributed by atoms with Gasteiger partial charge in [0.05, 0.1) is 6.61 Å². The van der Waals surface area contributed by atoms with Crippen molar-refractivity contribution in [2.75, 3.05) is 40.4 Å². The Balaban J connectivity index is 0.00000289. The lowest BCUT2D eigenvalue weighted by Crippen LogP contribution is -2.36. The highest BCUT2D eigenvalue weighted by Crippen LogP contribution is 2.22. The number of nitrogens with one attached hydrogen (secondary N) is 1. The maximum Gasteiger partial charge on any atom is 0.222 e. The van der Waals surface area contributed by atoms with Crippen LogP contribution in [0.5, 0.6) is 0 Å². The normalized spacial score (nSPS) is 20.9. The SMILES string of the molecule is COCCN(C)C(=O)CC(C)C1CCCNC1.Cl. The predicted molar refractivity (Wildman–Crippen MR) is 76.1 cm³/mol. The first kappa shape index (κ1) is 17.7. The number of carbonyl (C=O) groups excluding carboxylic acids is 1. The lowest BCUT2D eigenvalue weighted by atomic mass is 9.85. The molecule has 0 aliphatic carbocycles. The Hall–Kier alpha value is -0.320. The topological polar surface area (TPSA) is 41.6 Å². The highest BCUT2D eigenvalue weighted by atomic mass is 35.5. The summed E-state index contributed by atoms with van der Waals surface area (Å²) in [7, 11) is 3.52. The summed E-state index contributed by atoms with van der Waals surface area (Å²) in [5.41, 5.74) is 0. The van der Waals surface area contributed by atoms with Crippen molar-refractivity contribution in [3.63, 3.8) is 0 Å². The van der Waals surface area contributed by atoms with Gasteiger partial charge in [0, 0.05) is 27.1 Å². The van der Waals surface area contributed by atoms with Gasteiger partial charge in [0.15, 0.2) is 0 Å². The molecule has 0 aromatic rings. The quantitative estimate of drug-likeness (QED) is 0.801. The summed E-state index contributed by atoms with van der Waals surface area (Å²) in [4.78, 5) is 13.7. The molecule has 1 aliphatic heterocycles. The minimum Gasteiger partial charge on any atom is -0.383 e. The van der Waals surface area contributed by atoms with Gasteiger partial charge in [0.2, 0.25) is 5.91 Å². The number of likely N-dealkylation sites (N-methyl/N-ethyl adjacent to an activating group) is 1. The molecule has 1 rings (SSSR count). The summed E-state index contributed by atoms with van der Waals surface area (Å²) in [6.07, 6.45) is 3.15. The van der Waals surface area contributed by atoms with E-state index in [-0.39, 0.29) is 18.3 Å². The van der Waals surface area contributed by atoms with Crippen molar-refractivity contribution in [3.05, 3.63) is 0 Å². The Morgan fingerprint density at radius 1 is 1.56 bits per heavy atom. The van der Waals surface area contributed by atoms with E-state index in [9.17, 15) is 4.79 Å². The Kier molecular flexibility index (Phi) is 9.42. The Morgan fingerprint density at radius 3 is 2.83 bits per heavy atom. The van der Waals surface area contributed by atoms with Gasteiger partial charge in [-0.15, -0.1) is 12.4 Å². The molecule has 0 aromatic heterocycles. The number of rotatable bonds is 6. The van der Waals surface area contributed by atoms with Crippen molar-refractivity contribution in [3.8, 4) is 0 Å². The first-order valence-corrected chi connectivity index (χ1v) is 6.58. The molecule has 1 amide bonds. The summed E-state index contributed by atoms with van der Waals surface area (Å²) in [6, 6.07) is 0. The minimum absolute atomic E-state index is 0. The van der Waals surface area contributed by atoms with Crippen LogP contribution < -0.4 is 5.32 Å². The van der Waals surface area contributed by atoms with Gasteiger partial charge in [-0.3, -0.25) is 4.79 Å². The zero-order valence-corrected chi connectivity index (χ0v) is 12.6. The van der Waals surface area contributed by atoms with Crippen LogP contribution in [-0.4, -0.2) is 51.2 Å². The van der Waals surface area contributed by atoms with Gasteiger partial charge in [0.25, 0.3) is 0 Å². The Bertz CT molecular complexity index is 233. The van der Waals surface area contributed by atoms with Gasteiger partial charge < -0.3 is 15.0 Å². The van der Waals surface area contributed by atoms with Crippen LogP contribution in [0.1, 0.15) is 26.2 Å². The second-order valence-electron chi connectivity index (χ2n) is 5.10. The third kappa shape index (κ3) is 6.03. The van der Waals surface area contributed by atoms with Gasteiger partial charge >= 0.3 is 0 Å². The fourth-order valence-electron chi connectivity index (χ4n) is 2.32. The van der Waals surface area contributed by atoms with Crippen LogP contribution in [0.2, 0.25) is 0 Å². The molecular formula is C13H27ClN2O2. The standard InChI is InChI=1S/C13H26N2O2.ClH/c1-11(12-5-4-6-14-10-12)9-13(16)15(2)7-8-17-3;/h11-12,14H,4-10H2,1-3H3;1H.